The monoisotopic (exact) mass is 329 g/mol. The quantitative estimate of drug-likeness (QED) is 0.488. The van der Waals surface area contributed by atoms with Crippen LogP contribution in [-0.4, -0.2) is 38.5 Å². The first-order chi connectivity index (χ1) is 11.6. The van der Waals surface area contributed by atoms with Gasteiger partial charge in [0.1, 0.15) is 5.69 Å². The number of amides is 2. The van der Waals surface area contributed by atoms with E-state index in [1.807, 2.05) is 0 Å². The second-order valence-corrected chi connectivity index (χ2v) is 5.01. The van der Waals surface area contributed by atoms with Gasteiger partial charge in [0.15, 0.2) is 0 Å². The highest BCUT2D eigenvalue weighted by atomic mass is 16.3. The standard InChI is InChI=1S/C16H19N5O3/c1-2-15(23)18-13-6-3-5-12(9-13)16(24)17-7-4-8-21-10-14(11-22)19-20-21/h2-3,5-6,9-10,22H,1,4,7-8,11H2,(H,17,24)(H,18,23). The zero-order chi connectivity index (χ0) is 17.4. The number of aliphatic hydroxyl groups is 1. The van der Waals surface area contributed by atoms with Crippen molar-refractivity contribution in [3.63, 3.8) is 0 Å². The molecule has 0 saturated heterocycles. The van der Waals surface area contributed by atoms with E-state index in [1.165, 1.54) is 6.08 Å². The smallest absolute Gasteiger partial charge is 0.251 e. The molecule has 1 heterocycles. The molecular weight excluding hydrogens is 310 g/mol. The lowest BCUT2D eigenvalue weighted by Crippen LogP contribution is -2.25. The molecule has 8 nitrogen and oxygen atoms in total. The van der Waals surface area contributed by atoms with Crippen molar-refractivity contribution in [1.29, 1.82) is 0 Å². The second-order valence-electron chi connectivity index (χ2n) is 5.01. The Morgan fingerprint density at radius 3 is 2.92 bits per heavy atom. The number of carbonyl (C=O) groups excluding carboxylic acids is 2. The van der Waals surface area contributed by atoms with Gasteiger partial charge >= 0.3 is 0 Å². The number of hydrogen-bond acceptors (Lipinski definition) is 5. The summed E-state index contributed by atoms with van der Waals surface area (Å²) in [7, 11) is 0. The summed E-state index contributed by atoms with van der Waals surface area (Å²) in [4.78, 5) is 23.4. The summed E-state index contributed by atoms with van der Waals surface area (Å²) in [6.45, 7) is 4.29. The highest BCUT2D eigenvalue weighted by Crippen LogP contribution is 2.10. The van der Waals surface area contributed by atoms with Crippen LogP contribution < -0.4 is 10.6 Å². The predicted octanol–water partition coefficient (Wildman–Crippen LogP) is 0.715. The topological polar surface area (TPSA) is 109 Å². The van der Waals surface area contributed by atoms with Crippen LogP contribution in [0.25, 0.3) is 0 Å². The van der Waals surface area contributed by atoms with Crippen molar-refractivity contribution in [1.82, 2.24) is 20.3 Å². The van der Waals surface area contributed by atoms with E-state index in [0.29, 0.717) is 36.5 Å². The molecule has 8 heteroatoms. The average Bonchev–Trinajstić information content (AvgIpc) is 3.06. The van der Waals surface area contributed by atoms with E-state index < -0.39 is 0 Å². The third kappa shape index (κ3) is 5.03. The average molecular weight is 329 g/mol. The summed E-state index contributed by atoms with van der Waals surface area (Å²) < 4.78 is 1.61. The van der Waals surface area contributed by atoms with Gasteiger partial charge in [0, 0.05) is 24.3 Å². The molecule has 3 N–H and O–H groups in total. The Balaban J connectivity index is 1.80. The van der Waals surface area contributed by atoms with Gasteiger partial charge in [-0.15, -0.1) is 5.10 Å². The predicted molar refractivity (Wildman–Crippen MR) is 88.2 cm³/mol. The third-order valence-electron chi connectivity index (χ3n) is 3.18. The van der Waals surface area contributed by atoms with Crippen molar-refractivity contribution in [2.24, 2.45) is 0 Å². The van der Waals surface area contributed by atoms with Gasteiger partial charge in [-0.1, -0.05) is 17.9 Å². The van der Waals surface area contributed by atoms with Gasteiger partial charge in [0.05, 0.1) is 12.8 Å². The molecule has 0 aliphatic carbocycles. The van der Waals surface area contributed by atoms with Gasteiger partial charge in [0.2, 0.25) is 5.91 Å². The van der Waals surface area contributed by atoms with Gasteiger partial charge in [-0.2, -0.15) is 0 Å². The van der Waals surface area contributed by atoms with Crippen molar-refractivity contribution < 1.29 is 14.7 Å². The minimum Gasteiger partial charge on any atom is -0.390 e. The Morgan fingerprint density at radius 2 is 2.21 bits per heavy atom. The van der Waals surface area contributed by atoms with Gasteiger partial charge in [-0.25, -0.2) is 0 Å². The number of rotatable bonds is 8. The summed E-state index contributed by atoms with van der Waals surface area (Å²) in [6.07, 6.45) is 3.50. The molecule has 0 aliphatic heterocycles. The highest BCUT2D eigenvalue weighted by Gasteiger charge is 2.07. The third-order valence-corrected chi connectivity index (χ3v) is 3.18. The molecule has 2 aromatic rings. The van der Waals surface area contributed by atoms with Crippen molar-refractivity contribution in [3.8, 4) is 0 Å². The second kappa shape index (κ2) is 8.59. The molecule has 2 rings (SSSR count). The van der Waals surface area contributed by atoms with E-state index in [0.717, 1.165) is 0 Å². The van der Waals surface area contributed by atoms with Gasteiger partial charge in [0.25, 0.3) is 5.91 Å². The molecule has 0 spiro atoms. The van der Waals surface area contributed by atoms with Crippen LogP contribution in [0.4, 0.5) is 5.69 Å². The minimum absolute atomic E-state index is 0.143. The van der Waals surface area contributed by atoms with Crippen molar-refractivity contribution in [2.45, 2.75) is 19.6 Å². The van der Waals surface area contributed by atoms with Crippen LogP contribution in [0.1, 0.15) is 22.5 Å². The molecule has 0 aliphatic rings. The number of anilines is 1. The Hall–Kier alpha value is -3.00. The fourth-order valence-corrected chi connectivity index (χ4v) is 2.00. The summed E-state index contributed by atoms with van der Waals surface area (Å²) in [6, 6.07) is 6.66. The number of aromatic nitrogens is 3. The maximum Gasteiger partial charge on any atom is 0.251 e. The van der Waals surface area contributed by atoms with Crippen LogP contribution in [0.5, 0.6) is 0 Å². The maximum atomic E-state index is 12.1. The highest BCUT2D eigenvalue weighted by molar-refractivity contribution is 6.00. The fraction of sp³-hybridized carbons (Fsp3) is 0.250. The van der Waals surface area contributed by atoms with E-state index in [2.05, 4.69) is 27.5 Å². The number of nitrogens with zero attached hydrogens (tertiary/aromatic N) is 3. The first kappa shape index (κ1) is 17.4. The number of nitrogens with one attached hydrogen (secondary N) is 2. The molecule has 1 aromatic carbocycles. The lowest BCUT2D eigenvalue weighted by molar-refractivity contribution is -0.111. The zero-order valence-electron chi connectivity index (χ0n) is 13.1. The van der Waals surface area contributed by atoms with Crippen LogP contribution in [0, 0.1) is 0 Å². The van der Waals surface area contributed by atoms with E-state index in [4.69, 9.17) is 5.11 Å². The maximum absolute atomic E-state index is 12.1. The Labute approximate surface area is 139 Å². The lowest BCUT2D eigenvalue weighted by atomic mass is 10.2. The summed E-state index contributed by atoms with van der Waals surface area (Å²) >= 11 is 0. The lowest BCUT2D eigenvalue weighted by Gasteiger charge is -2.07. The van der Waals surface area contributed by atoms with Gasteiger partial charge in [-0.05, 0) is 30.7 Å². The molecule has 1 aromatic heterocycles. The zero-order valence-corrected chi connectivity index (χ0v) is 13.1. The molecule has 0 atom stereocenters. The molecule has 24 heavy (non-hydrogen) atoms. The summed E-state index contributed by atoms with van der Waals surface area (Å²) in [5.74, 6) is -0.554. The largest absolute Gasteiger partial charge is 0.390 e. The fourth-order valence-electron chi connectivity index (χ4n) is 2.00. The van der Waals surface area contributed by atoms with Crippen molar-refractivity contribution in [3.05, 3.63) is 54.4 Å². The van der Waals surface area contributed by atoms with Gasteiger partial charge in [-0.3, -0.25) is 14.3 Å². The molecule has 0 bridgehead atoms. The Kier molecular flexibility index (Phi) is 6.21. The van der Waals surface area contributed by atoms with Crippen LogP contribution in [0.15, 0.2) is 43.1 Å². The SMILES string of the molecule is C=CC(=O)Nc1cccc(C(=O)NCCCn2cc(CO)nn2)c1. The van der Waals surface area contributed by atoms with E-state index in [1.54, 1.807) is 35.1 Å². The number of hydrogen-bond donors (Lipinski definition) is 3. The molecule has 2 amide bonds. The summed E-state index contributed by atoms with van der Waals surface area (Å²) in [5, 5.41) is 21.9. The molecule has 0 saturated carbocycles. The number of aliphatic hydroxyl groups excluding tert-OH is 1. The number of benzene rings is 1. The first-order valence-electron chi connectivity index (χ1n) is 7.44. The van der Waals surface area contributed by atoms with E-state index in [-0.39, 0.29) is 18.4 Å². The normalized spacial score (nSPS) is 10.2. The van der Waals surface area contributed by atoms with E-state index >= 15 is 0 Å². The molecule has 126 valence electrons. The van der Waals surface area contributed by atoms with Crippen LogP contribution in [-0.2, 0) is 17.9 Å². The molecule has 0 unspecified atom stereocenters. The van der Waals surface area contributed by atoms with Crippen LogP contribution in [0.2, 0.25) is 0 Å². The minimum atomic E-state index is -0.331. The summed E-state index contributed by atoms with van der Waals surface area (Å²) in [5.41, 5.74) is 1.50. The van der Waals surface area contributed by atoms with Crippen molar-refractivity contribution >= 4 is 17.5 Å². The van der Waals surface area contributed by atoms with E-state index in [9.17, 15) is 9.59 Å². The van der Waals surface area contributed by atoms with Crippen LogP contribution in [0.3, 0.4) is 0 Å². The van der Waals surface area contributed by atoms with Crippen molar-refractivity contribution in [2.75, 3.05) is 11.9 Å². The first-order valence-corrected chi connectivity index (χ1v) is 7.44. The molecule has 0 fully saturated rings. The Morgan fingerprint density at radius 1 is 1.38 bits per heavy atom. The van der Waals surface area contributed by atoms with Crippen LogP contribution >= 0.6 is 0 Å². The molecular formula is C16H19N5O3. The van der Waals surface area contributed by atoms with Gasteiger partial charge < -0.3 is 15.7 Å². The molecule has 0 radical (unpaired) electrons. The number of carbonyl (C=O) groups is 2. The Bertz CT molecular complexity index is 726. The number of aryl methyl sites for hydroxylation is 1.